The third kappa shape index (κ3) is 4.23. The Morgan fingerprint density at radius 1 is 1.25 bits per heavy atom. The SMILES string of the molecule is CC1CCC(CNc2cc(Cl)nc(C(F)(F)F)n2)CC1. The summed E-state index contributed by atoms with van der Waals surface area (Å²) in [6, 6.07) is 1.32. The predicted octanol–water partition coefficient (Wildman–Crippen LogP) is 4.39. The zero-order chi connectivity index (χ0) is 14.8. The van der Waals surface area contributed by atoms with Gasteiger partial charge < -0.3 is 5.32 Å². The minimum Gasteiger partial charge on any atom is -0.370 e. The Kier molecular flexibility index (Phi) is 4.73. The number of anilines is 1. The number of nitrogens with one attached hydrogen (secondary N) is 1. The van der Waals surface area contributed by atoms with Crippen LogP contribution in [0.4, 0.5) is 19.0 Å². The molecule has 7 heteroatoms. The van der Waals surface area contributed by atoms with E-state index < -0.39 is 12.0 Å². The Hall–Kier alpha value is -1.04. The lowest BCUT2D eigenvalue weighted by atomic mass is 9.83. The maximum atomic E-state index is 12.6. The molecule has 0 amide bonds. The molecule has 1 saturated carbocycles. The number of alkyl halides is 3. The van der Waals surface area contributed by atoms with Crippen LogP contribution in [0.2, 0.25) is 5.15 Å². The smallest absolute Gasteiger partial charge is 0.370 e. The molecule has 0 aromatic carbocycles. The molecule has 1 fully saturated rings. The van der Waals surface area contributed by atoms with E-state index in [1.807, 2.05) is 0 Å². The predicted molar refractivity (Wildman–Crippen MR) is 71.7 cm³/mol. The van der Waals surface area contributed by atoms with Gasteiger partial charge >= 0.3 is 6.18 Å². The summed E-state index contributed by atoms with van der Waals surface area (Å²) in [6.07, 6.45) is -0.0465. The summed E-state index contributed by atoms with van der Waals surface area (Å²) < 4.78 is 37.7. The van der Waals surface area contributed by atoms with E-state index in [9.17, 15) is 13.2 Å². The molecule has 112 valence electrons. The van der Waals surface area contributed by atoms with Crippen molar-refractivity contribution in [1.29, 1.82) is 0 Å². The maximum Gasteiger partial charge on any atom is 0.451 e. The number of hydrogen-bond acceptors (Lipinski definition) is 3. The Morgan fingerprint density at radius 2 is 1.90 bits per heavy atom. The highest BCUT2D eigenvalue weighted by Crippen LogP contribution is 2.30. The first-order chi connectivity index (χ1) is 9.34. The zero-order valence-corrected chi connectivity index (χ0v) is 11.9. The van der Waals surface area contributed by atoms with Gasteiger partial charge in [-0.1, -0.05) is 31.4 Å². The van der Waals surface area contributed by atoms with Gasteiger partial charge in [0.05, 0.1) is 0 Å². The number of aromatic nitrogens is 2. The van der Waals surface area contributed by atoms with Crippen LogP contribution in [0.5, 0.6) is 0 Å². The molecular weight excluding hydrogens is 291 g/mol. The van der Waals surface area contributed by atoms with Gasteiger partial charge in [0.1, 0.15) is 11.0 Å². The summed E-state index contributed by atoms with van der Waals surface area (Å²) in [5.74, 6) is 0.159. The van der Waals surface area contributed by atoms with Gasteiger partial charge in [-0.3, -0.25) is 0 Å². The van der Waals surface area contributed by atoms with Gasteiger partial charge in [-0.25, -0.2) is 9.97 Å². The van der Waals surface area contributed by atoms with Crippen molar-refractivity contribution in [3.8, 4) is 0 Å². The minimum atomic E-state index is -4.58. The first-order valence-electron chi connectivity index (χ1n) is 6.70. The molecule has 1 aromatic heterocycles. The van der Waals surface area contributed by atoms with E-state index in [4.69, 9.17) is 11.6 Å². The quantitative estimate of drug-likeness (QED) is 0.842. The topological polar surface area (TPSA) is 37.8 Å². The van der Waals surface area contributed by atoms with Crippen molar-refractivity contribution in [2.45, 2.75) is 38.8 Å². The highest BCUT2D eigenvalue weighted by atomic mass is 35.5. The summed E-state index contributed by atoms with van der Waals surface area (Å²) in [5.41, 5.74) is 0. The fourth-order valence-corrected chi connectivity index (χ4v) is 2.60. The maximum absolute atomic E-state index is 12.6. The molecule has 1 aliphatic rings. The molecule has 1 N–H and O–H groups in total. The lowest BCUT2D eigenvalue weighted by molar-refractivity contribution is -0.144. The van der Waals surface area contributed by atoms with Gasteiger partial charge in [-0.15, -0.1) is 0 Å². The Bertz CT molecular complexity index is 457. The fraction of sp³-hybridized carbons (Fsp3) is 0.692. The Labute approximate surface area is 120 Å². The second-order valence-electron chi connectivity index (χ2n) is 5.40. The van der Waals surface area contributed by atoms with Gasteiger partial charge in [-0.2, -0.15) is 13.2 Å². The average Bonchev–Trinajstić information content (AvgIpc) is 2.36. The van der Waals surface area contributed by atoms with Crippen LogP contribution in [-0.2, 0) is 6.18 Å². The molecule has 1 aliphatic carbocycles. The third-order valence-electron chi connectivity index (χ3n) is 3.66. The summed E-state index contributed by atoms with van der Waals surface area (Å²) in [5, 5.41) is 2.75. The molecule has 0 unspecified atom stereocenters. The molecular formula is C13H17ClF3N3. The highest BCUT2D eigenvalue weighted by Gasteiger charge is 2.35. The first-order valence-corrected chi connectivity index (χ1v) is 7.08. The first kappa shape index (κ1) is 15.4. The van der Waals surface area contributed by atoms with Crippen molar-refractivity contribution in [3.05, 3.63) is 17.0 Å². The number of halogens is 4. The lowest BCUT2D eigenvalue weighted by Crippen LogP contribution is -2.21. The highest BCUT2D eigenvalue weighted by molar-refractivity contribution is 6.29. The molecule has 2 rings (SSSR count). The molecule has 20 heavy (non-hydrogen) atoms. The summed E-state index contributed by atoms with van der Waals surface area (Å²) in [7, 11) is 0. The van der Waals surface area contributed by atoms with Gasteiger partial charge in [0.15, 0.2) is 0 Å². The van der Waals surface area contributed by atoms with Gasteiger partial charge in [0.2, 0.25) is 5.82 Å². The molecule has 0 radical (unpaired) electrons. The molecule has 3 nitrogen and oxygen atoms in total. The lowest BCUT2D eigenvalue weighted by Gasteiger charge is -2.26. The van der Waals surface area contributed by atoms with Crippen LogP contribution in [0.15, 0.2) is 6.07 Å². The Balaban J connectivity index is 1.97. The standard InChI is InChI=1S/C13H17ClF3N3/c1-8-2-4-9(5-3-8)7-18-11-6-10(14)19-12(20-11)13(15,16)17/h6,8-9H,2-5,7H2,1H3,(H,18,19,20). The minimum absolute atomic E-state index is 0.135. The normalized spacial score (nSPS) is 23.6. The molecule has 0 saturated heterocycles. The molecule has 0 aliphatic heterocycles. The van der Waals surface area contributed by atoms with Crippen LogP contribution in [-0.4, -0.2) is 16.5 Å². The van der Waals surface area contributed by atoms with Crippen molar-refractivity contribution < 1.29 is 13.2 Å². The fourth-order valence-electron chi connectivity index (χ4n) is 2.42. The van der Waals surface area contributed by atoms with Gasteiger partial charge in [0, 0.05) is 12.6 Å². The third-order valence-corrected chi connectivity index (χ3v) is 3.85. The van der Waals surface area contributed by atoms with Gasteiger partial charge in [-0.05, 0) is 24.7 Å². The summed E-state index contributed by atoms with van der Waals surface area (Å²) in [6.45, 7) is 2.85. The summed E-state index contributed by atoms with van der Waals surface area (Å²) in [4.78, 5) is 6.67. The van der Waals surface area contributed by atoms with Crippen molar-refractivity contribution in [1.82, 2.24) is 9.97 Å². The molecule has 1 aromatic rings. The molecule has 0 atom stereocenters. The van der Waals surface area contributed by atoms with Gasteiger partial charge in [0.25, 0.3) is 0 Å². The number of rotatable bonds is 3. The Morgan fingerprint density at radius 3 is 2.50 bits per heavy atom. The van der Waals surface area contributed by atoms with Crippen molar-refractivity contribution in [2.24, 2.45) is 11.8 Å². The van der Waals surface area contributed by atoms with E-state index >= 15 is 0 Å². The molecule has 1 heterocycles. The van der Waals surface area contributed by atoms with Crippen LogP contribution in [0, 0.1) is 11.8 Å². The van der Waals surface area contributed by atoms with E-state index in [-0.39, 0.29) is 11.0 Å². The molecule has 0 spiro atoms. The van der Waals surface area contributed by atoms with Crippen LogP contribution >= 0.6 is 11.6 Å². The van der Waals surface area contributed by atoms with Crippen LogP contribution in [0.3, 0.4) is 0 Å². The second-order valence-corrected chi connectivity index (χ2v) is 5.79. The largest absolute Gasteiger partial charge is 0.451 e. The van der Waals surface area contributed by atoms with E-state index in [2.05, 4.69) is 22.2 Å². The van der Waals surface area contributed by atoms with Crippen molar-refractivity contribution in [3.63, 3.8) is 0 Å². The van der Waals surface area contributed by atoms with Crippen LogP contribution in [0.1, 0.15) is 38.4 Å². The second kappa shape index (κ2) is 6.16. The van der Waals surface area contributed by atoms with Crippen LogP contribution in [0.25, 0.3) is 0 Å². The average molecular weight is 308 g/mol. The summed E-state index contributed by atoms with van der Waals surface area (Å²) >= 11 is 5.61. The van der Waals surface area contributed by atoms with Crippen molar-refractivity contribution in [2.75, 3.05) is 11.9 Å². The monoisotopic (exact) mass is 307 g/mol. The van der Waals surface area contributed by atoms with Crippen LogP contribution < -0.4 is 5.32 Å². The number of hydrogen-bond donors (Lipinski definition) is 1. The van der Waals surface area contributed by atoms with Crippen molar-refractivity contribution >= 4 is 17.4 Å². The van der Waals surface area contributed by atoms with E-state index in [1.165, 1.54) is 18.9 Å². The number of nitrogens with zero attached hydrogens (tertiary/aromatic N) is 2. The molecule has 0 bridgehead atoms. The van der Waals surface area contributed by atoms with E-state index in [1.54, 1.807) is 0 Å². The van der Waals surface area contributed by atoms with E-state index in [0.717, 1.165) is 18.8 Å². The zero-order valence-electron chi connectivity index (χ0n) is 11.2. The van der Waals surface area contributed by atoms with E-state index in [0.29, 0.717) is 12.5 Å².